The highest BCUT2D eigenvalue weighted by Gasteiger charge is 2.20. The Bertz CT molecular complexity index is 358. The van der Waals surface area contributed by atoms with Crippen LogP contribution in [0.15, 0.2) is 24.3 Å². The Kier molecular flexibility index (Phi) is 6.37. The summed E-state index contributed by atoms with van der Waals surface area (Å²) in [5, 5.41) is 8.57. The van der Waals surface area contributed by atoms with Gasteiger partial charge in [-0.25, -0.2) is 0 Å². The van der Waals surface area contributed by atoms with Crippen molar-refractivity contribution < 1.29 is 0 Å². The van der Waals surface area contributed by atoms with Gasteiger partial charge in [0, 0.05) is 6.08 Å². The van der Waals surface area contributed by atoms with Crippen molar-refractivity contribution in [1.29, 1.82) is 5.26 Å². The summed E-state index contributed by atoms with van der Waals surface area (Å²) in [6.45, 7) is 2.33. The molecule has 0 radical (unpaired) electrons. The molecule has 0 aromatic heterocycles. The zero-order valence-corrected chi connectivity index (χ0v) is 12.9. The Balaban J connectivity index is 1.69. The quantitative estimate of drug-likeness (QED) is 0.479. The molecule has 110 valence electrons. The lowest BCUT2D eigenvalue weighted by Gasteiger charge is -2.27. The van der Waals surface area contributed by atoms with E-state index in [1.807, 2.05) is 0 Å². The fourth-order valence-corrected chi connectivity index (χ4v) is 3.81. The van der Waals surface area contributed by atoms with Crippen molar-refractivity contribution >= 4 is 0 Å². The van der Waals surface area contributed by atoms with Gasteiger partial charge in [0.25, 0.3) is 0 Å². The lowest BCUT2D eigenvalue weighted by molar-refractivity contribution is 0.301. The van der Waals surface area contributed by atoms with Crippen LogP contribution in [-0.4, -0.2) is 0 Å². The van der Waals surface area contributed by atoms with Gasteiger partial charge in [0.15, 0.2) is 0 Å². The molecule has 0 bridgehead atoms. The predicted octanol–water partition coefficient (Wildman–Crippen LogP) is 5.65. The maximum Gasteiger partial charge on any atom is 0.0908 e. The summed E-state index contributed by atoms with van der Waals surface area (Å²) < 4.78 is 0. The summed E-state index contributed by atoms with van der Waals surface area (Å²) in [6, 6.07) is 2.11. The third-order valence-corrected chi connectivity index (χ3v) is 5.38. The number of allylic oxidation sites excluding steroid dienone is 4. The monoisotopic (exact) mass is 271 g/mol. The van der Waals surface area contributed by atoms with E-state index < -0.39 is 0 Å². The molecule has 0 aromatic rings. The number of hydrogen-bond acceptors (Lipinski definition) is 1. The number of hydrogen-bond donors (Lipinski definition) is 0. The molecule has 1 heteroatoms. The van der Waals surface area contributed by atoms with Crippen molar-refractivity contribution in [2.24, 2.45) is 23.7 Å². The molecule has 0 unspecified atom stereocenters. The normalized spacial score (nSPS) is 35.4. The van der Waals surface area contributed by atoms with Crippen molar-refractivity contribution in [1.82, 2.24) is 0 Å². The van der Waals surface area contributed by atoms with Crippen LogP contribution in [0, 0.1) is 35.0 Å². The lowest BCUT2D eigenvalue weighted by atomic mass is 9.78. The van der Waals surface area contributed by atoms with E-state index in [2.05, 4.69) is 31.2 Å². The van der Waals surface area contributed by atoms with Crippen LogP contribution in [0.2, 0.25) is 0 Å². The molecule has 0 saturated heterocycles. The Labute approximate surface area is 124 Å². The van der Waals surface area contributed by atoms with Gasteiger partial charge in [-0.1, -0.05) is 31.6 Å². The van der Waals surface area contributed by atoms with Gasteiger partial charge in [0.2, 0.25) is 0 Å². The van der Waals surface area contributed by atoms with Gasteiger partial charge in [0.05, 0.1) is 6.07 Å². The van der Waals surface area contributed by atoms with Crippen LogP contribution >= 0.6 is 0 Å². The minimum absolute atomic E-state index is 0.652. The van der Waals surface area contributed by atoms with E-state index in [1.54, 1.807) is 6.08 Å². The van der Waals surface area contributed by atoms with Crippen LogP contribution in [0.4, 0.5) is 0 Å². The van der Waals surface area contributed by atoms with Crippen LogP contribution in [0.25, 0.3) is 0 Å². The average molecular weight is 271 g/mol. The van der Waals surface area contributed by atoms with Gasteiger partial charge >= 0.3 is 0 Å². The SMILES string of the molecule is CCC1CCC(/C=C/C2CCC(C=CC#N)CC2)CC1. The van der Waals surface area contributed by atoms with E-state index in [4.69, 9.17) is 5.26 Å². The van der Waals surface area contributed by atoms with E-state index in [1.165, 1.54) is 57.8 Å². The molecular weight excluding hydrogens is 242 g/mol. The smallest absolute Gasteiger partial charge is 0.0908 e. The molecule has 0 N–H and O–H groups in total. The lowest BCUT2D eigenvalue weighted by Crippen LogP contribution is -2.14. The molecule has 2 fully saturated rings. The maximum absolute atomic E-state index is 8.57. The van der Waals surface area contributed by atoms with Crippen LogP contribution in [0.5, 0.6) is 0 Å². The molecule has 0 aliphatic heterocycles. The average Bonchev–Trinajstić information content (AvgIpc) is 2.52. The Hall–Kier alpha value is -1.03. The third-order valence-electron chi connectivity index (χ3n) is 5.38. The van der Waals surface area contributed by atoms with E-state index >= 15 is 0 Å². The molecule has 2 aliphatic carbocycles. The maximum atomic E-state index is 8.57. The van der Waals surface area contributed by atoms with Gasteiger partial charge in [-0.15, -0.1) is 0 Å². The summed E-state index contributed by atoms with van der Waals surface area (Å²) in [6.07, 6.45) is 21.0. The minimum atomic E-state index is 0.652. The standard InChI is InChI=1S/C19H29N/c1-2-16-5-7-18(8-6-16)13-14-19-11-9-17(10-12-19)4-3-15-20/h3-4,13-14,16-19H,2,5-12H2,1H3/b4-3?,14-13+. The first-order valence-corrected chi connectivity index (χ1v) is 8.56. The van der Waals surface area contributed by atoms with E-state index in [9.17, 15) is 0 Å². The number of nitriles is 1. The van der Waals surface area contributed by atoms with E-state index in [0.717, 1.165) is 17.8 Å². The molecular formula is C19H29N. The van der Waals surface area contributed by atoms with Crippen LogP contribution < -0.4 is 0 Å². The second kappa shape index (κ2) is 8.30. The first kappa shape index (κ1) is 15.4. The number of rotatable bonds is 4. The topological polar surface area (TPSA) is 23.8 Å². The zero-order chi connectivity index (χ0) is 14.2. The Morgan fingerprint density at radius 2 is 1.25 bits per heavy atom. The molecule has 1 nitrogen and oxygen atoms in total. The highest BCUT2D eigenvalue weighted by Crippen LogP contribution is 2.34. The number of nitrogens with zero attached hydrogens (tertiary/aromatic N) is 1. The third kappa shape index (κ3) is 4.82. The van der Waals surface area contributed by atoms with Gasteiger partial charge in [-0.05, 0) is 75.0 Å². The molecule has 20 heavy (non-hydrogen) atoms. The fraction of sp³-hybridized carbons (Fsp3) is 0.737. The highest BCUT2D eigenvalue weighted by atomic mass is 14.3. The van der Waals surface area contributed by atoms with Crippen molar-refractivity contribution in [2.45, 2.75) is 64.7 Å². The molecule has 2 rings (SSSR count). The first-order valence-electron chi connectivity index (χ1n) is 8.56. The first-order chi connectivity index (χ1) is 9.81. The van der Waals surface area contributed by atoms with Crippen molar-refractivity contribution in [3.63, 3.8) is 0 Å². The summed E-state index contributed by atoms with van der Waals surface area (Å²) in [7, 11) is 0. The predicted molar refractivity (Wildman–Crippen MR) is 85.1 cm³/mol. The summed E-state index contributed by atoms with van der Waals surface area (Å²) >= 11 is 0. The van der Waals surface area contributed by atoms with Crippen LogP contribution in [0.1, 0.15) is 64.7 Å². The van der Waals surface area contributed by atoms with Crippen LogP contribution in [0.3, 0.4) is 0 Å². The summed E-state index contributed by atoms with van der Waals surface area (Å²) in [5.41, 5.74) is 0. The van der Waals surface area contributed by atoms with Crippen LogP contribution in [-0.2, 0) is 0 Å². The molecule has 0 heterocycles. The fourth-order valence-electron chi connectivity index (χ4n) is 3.81. The molecule has 0 spiro atoms. The van der Waals surface area contributed by atoms with Crippen molar-refractivity contribution in [3.8, 4) is 6.07 Å². The second-order valence-electron chi connectivity index (χ2n) is 6.74. The summed E-state index contributed by atoms with van der Waals surface area (Å²) in [5.74, 6) is 3.31. The van der Waals surface area contributed by atoms with E-state index in [-0.39, 0.29) is 0 Å². The Morgan fingerprint density at radius 3 is 1.70 bits per heavy atom. The molecule has 0 amide bonds. The summed E-state index contributed by atoms with van der Waals surface area (Å²) in [4.78, 5) is 0. The zero-order valence-electron chi connectivity index (χ0n) is 12.9. The minimum Gasteiger partial charge on any atom is -0.193 e. The second-order valence-corrected chi connectivity index (χ2v) is 6.74. The Morgan fingerprint density at radius 1 is 0.800 bits per heavy atom. The van der Waals surface area contributed by atoms with Gasteiger partial charge in [0.1, 0.15) is 0 Å². The molecule has 0 atom stereocenters. The largest absolute Gasteiger partial charge is 0.193 e. The van der Waals surface area contributed by atoms with Crippen molar-refractivity contribution in [2.75, 3.05) is 0 Å². The van der Waals surface area contributed by atoms with Crippen molar-refractivity contribution in [3.05, 3.63) is 24.3 Å². The van der Waals surface area contributed by atoms with Gasteiger partial charge < -0.3 is 0 Å². The molecule has 2 saturated carbocycles. The van der Waals surface area contributed by atoms with Gasteiger partial charge in [-0.2, -0.15) is 5.26 Å². The molecule has 0 aromatic carbocycles. The molecule has 2 aliphatic rings. The highest BCUT2D eigenvalue weighted by molar-refractivity contribution is 5.05. The van der Waals surface area contributed by atoms with E-state index in [0.29, 0.717) is 5.92 Å². The van der Waals surface area contributed by atoms with Gasteiger partial charge in [-0.3, -0.25) is 0 Å².